The molecule has 15 nitrogen and oxygen atoms in total. The van der Waals surface area contributed by atoms with E-state index in [-0.39, 0.29) is 68.0 Å². The molecule has 4 aromatic rings. The highest BCUT2D eigenvalue weighted by molar-refractivity contribution is 9.10. The van der Waals surface area contributed by atoms with Crippen molar-refractivity contribution in [1.29, 1.82) is 0 Å². The molecule has 3 N–H and O–H groups in total. The molecule has 2 fully saturated rings. The van der Waals surface area contributed by atoms with Crippen molar-refractivity contribution in [3.05, 3.63) is 76.6 Å². The third-order valence-corrected chi connectivity index (χ3v) is 10.4. The predicted molar refractivity (Wildman–Crippen MR) is 196 cm³/mol. The van der Waals surface area contributed by atoms with Gasteiger partial charge in [-0.25, -0.2) is 15.0 Å². The molecule has 2 bridgehead atoms. The van der Waals surface area contributed by atoms with Gasteiger partial charge in [-0.15, -0.1) is 0 Å². The number of anilines is 1. The number of hydrogen-bond acceptors (Lipinski definition) is 10. The summed E-state index contributed by atoms with van der Waals surface area (Å²) < 4.78 is 7.83. The minimum atomic E-state index is -0.890. The number of benzene rings is 1. The van der Waals surface area contributed by atoms with Crippen LogP contribution in [0.3, 0.4) is 0 Å². The smallest absolute Gasteiger partial charge is 0.248 e. The van der Waals surface area contributed by atoms with Gasteiger partial charge in [0.2, 0.25) is 23.6 Å². The van der Waals surface area contributed by atoms with Crippen LogP contribution in [0.2, 0.25) is 0 Å². The predicted octanol–water partition coefficient (Wildman–Crippen LogP) is 3.26. The number of carbonyl (C=O) groups excluding carboxylic acids is 5. The van der Waals surface area contributed by atoms with E-state index < -0.39 is 23.4 Å². The maximum atomic E-state index is 14.4. The zero-order chi connectivity index (χ0) is 37.4. The molecule has 4 atom stereocenters. The number of amides is 4. The SMILES string of the molecule is CC(=O)NC1CC=CCOCc2ccc(Br)nc2NC(=O)[C@@H]2C[C@@]3(CNC1=O)C[C@H]3N2C(=O)Cn1nc(C(C)=O)c2cc(-c3cnc(C)nc3)ccc21. The minimum absolute atomic E-state index is 0.138. The number of pyridine rings is 1. The summed E-state index contributed by atoms with van der Waals surface area (Å²) in [7, 11) is 0. The van der Waals surface area contributed by atoms with Gasteiger partial charge in [-0.05, 0) is 65.9 Å². The molecule has 1 aliphatic carbocycles. The van der Waals surface area contributed by atoms with Gasteiger partial charge in [0, 0.05) is 60.8 Å². The summed E-state index contributed by atoms with van der Waals surface area (Å²) >= 11 is 3.39. The molecule has 5 heterocycles. The molecule has 16 heteroatoms. The molecule has 1 aromatic carbocycles. The molecule has 4 amide bonds. The molecule has 2 aliphatic heterocycles. The van der Waals surface area contributed by atoms with Crippen LogP contribution in [0.4, 0.5) is 5.82 Å². The lowest BCUT2D eigenvalue weighted by atomic mass is 9.98. The second-order valence-electron chi connectivity index (χ2n) is 13.7. The Morgan fingerprint density at radius 3 is 2.58 bits per heavy atom. The number of aryl methyl sites for hydroxylation is 1. The summed E-state index contributed by atoms with van der Waals surface area (Å²) in [6.07, 6.45) is 8.08. The molecule has 0 radical (unpaired) electrons. The number of carbonyl (C=O) groups is 5. The summed E-state index contributed by atoms with van der Waals surface area (Å²) in [6.45, 7) is 4.91. The van der Waals surface area contributed by atoms with Gasteiger partial charge >= 0.3 is 0 Å². The van der Waals surface area contributed by atoms with E-state index in [4.69, 9.17) is 4.74 Å². The van der Waals surface area contributed by atoms with Gasteiger partial charge in [-0.2, -0.15) is 5.10 Å². The summed E-state index contributed by atoms with van der Waals surface area (Å²) in [5.74, 6) is -0.817. The number of hydrogen-bond donors (Lipinski definition) is 3. The number of ether oxygens (including phenoxy) is 1. The van der Waals surface area contributed by atoms with Crippen LogP contribution >= 0.6 is 15.9 Å². The average Bonchev–Trinajstić information content (AvgIpc) is 3.54. The van der Waals surface area contributed by atoms with Crippen molar-refractivity contribution in [1.82, 2.24) is 40.3 Å². The lowest BCUT2D eigenvalue weighted by Crippen LogP contribution is -2.47. The number of likely N-dealkylation sites (tertiary alicyclic amines) is 1. The Hall–Kier alpha value is -5.35. The fraction of sp³-hybridized carbons (Fsp3) is 0.378. The normalized spacial score (nSPS) is 23.0. The van der Waals surface area contributed by atoms with Gasteiger partial charge in [0.1, 0.15) is 40.6 Å². The topological polar surface area (TPSA) is 190 Å². The van der Waals surface area contributed by atoms with Crippen LogP contribution in [-0.4, -0.2) is 90.3 Å². The van der Waals surface area contributed by atoms with Crippen LogP contribution in [0.1, 0.15) is 55.0 Å². The Labute approximate surface area is 313 Å². The van der Waals surface area contributed by atoms with E-state index in [1.54, 1.807) is 54.6 Å². The Morgan fingerprint density at radius 2 is 1.83 bits per heavy atom. The van der Waals surface area contributed by atoms with Crippen LogP contribution < -0.4 is 16.0 Å². The van der Waals surface area contributed by atoms with E-state index in [0.29, 0.717) is 45.6 Å². The number of nitrogens with zero attached hydrogens (tertiary/aromatic N) is 6. The van der Waals surface area contributed by atoms with Crippen molar-refractivity contribution in [3.8, 4) is 11.1 Å². The van der Waals surface area contributed by atoms with Crippen molar-refractivity contribution in [2.45, 2.75) is 71.3 Å². The molecule has 3 aliphatic rings. The number of Topliss-reactive ketones (excluding diaryl/α,β-unsaturated/α-hetero) is 1. The largest absolute Gasteiger partial charge is 0.373 e. The van der Waals surface area contributed by atoms with Crippen molar-refractivity contribution >= 4 is 62.1 Å². The molecule has 3 aromatic heterocycles. The molecule has 1 saturated heterocycles. The van der Waals surface area contributed by atoms with E-state index in [0.717, 1.165) is 11.1 Å². The van der Waals surface area contributed by atoms with E-state index in [9.17, 15) is 24.0 Å². The first-order valence-corrected chi connectivity index (χ1v) is 18.1. The number of fused-ring (bicyclic) bond motifs is 3. The van der Waals surface area contributed by atoms with Crippen molar-refractivity contribution < 1.29 is 28.7 Å². The van der Waals surface area contributed by atoms with E-state index in [1.165, 1.54) is 18.5 Å². The summed E-state index contributed by atoms with van der Waals surface area (Å²) in [6, 6.07) is 7.00. The molecule has 7 rings (SSSR count). The van der Waals surface area contributed by atoms with Crippen LogP contribution in [0, 0.1) is 12.3 Å². The van der Waals surface area contributed by atoms with Crippen molar-refractivity contribution in [2.75, 3.05) is 18.5 Å². The first-order chi connectivity index (χ1) is 25.4. The van der Waals surface area contributed by atoms with E-state index in [2.05, 4.69) is 51.9 Å². The van der Waals surface area contributed by atoms with Crippen LogP contribution in [0.25, 0.3) is 22.0 Å². The summed E-state index contributed by atoms with van der Waals surface area (Å²) in [5, 5.41) is 13.8. The highest BCUT2D eigenvalue weighted by Crippen LogP contribution is 2.59. The maximum absolute atomic E-state index is 14.4. The molecule has 53 heavy (non-hydrogen) atoms. The van der Waals surface area contributed by atoms with E-state index in [1.807, 2.05) is 12.1 Å². The third kappa shape index (κ3) is 7.46. The van der Waals surface area contributed by atoms with Gasteiger partial charge in [0.25, 0.3) is 0 Å². The Balaban J connectivity index is 1.20. The average molecular weight is 785 g/mol. The maximum Gasteiger partial charge on any atom is 0.248 e. The first-order valence-electron chi connectivity index (χ1n) is 17.3. The van der Waals surface area contributed by atoms with Gasteiger partial charge in [-0.1, -0.05) is 24.3 Å². The highest BCUT2D eigenvalue weighted by Gasteiger charge is 2.67. The molecule has 1 unspecified atom stereocenters. The quantitative estimate of drug-likeness (QED) is 0.154. The molecule has 1 spiro atoms. The monoisotopic (exact) mass is 783 g/mol. The number of nitrogens with one attached hydrogen (secondary N) is 3. The van der Waals surface area contributed by atoms with Crippen LogP contribution in [0.5, 0.6) is 0 Å². The fourth-order valence-corrected chi connectivity index (χ4v) is 7.56. The first kappa shape index (κ1) is 36.0. The fourth-order valence-electron chi connectivity index (χ4n) is 7.25. The van der Waals surface area contributed by atoms with Crippen molar-refractivity contribution in [2.24, 2.45) is 5.41 Å². The summed E-state index contributed by atoms with van der Waals surface area (Å²) in [5.41, 5.74) is 2.44. The number of halogens is 1. The number of piperidine rings is 1. The minimum Gasteiger partial charge on any atom is -0.373 e. The third-order valence-electron chi connectivity index (χ3n) is 10.00. The molecule has 1 saturated carbocycles. The second kappa shape index (κ2) is 14.6. The van der Waals surface area contributed by atoms with Gasteiger partial charge in [0.05, 0.1) is 18.7 Å². The lowest BCUT2D eigenvalue weighted by molar-refractivity contribution is -0.138. The van der Waals surface area contributed by atoms with Crippen LogP contribution in [0.15, 0.2) is 59.5 Å². The molecular weight excluding hydrogens is 746 g/mol. The Kier molecular flexibility index (Phi) is 9.91. The standard InChI is InChI=1S/C37H38BrN9O6/c1-20(48)33-26-12-23(25-15-39-21(2)40-16-25)7-9-28(26)46(45-33)17-32(50)47-29-13-37(14-30(37)47)19-41-35(51)27(42-22(3)49)6-4-5-11-53-18-24-8-10-31(38)43-34(24)44-36(29)52/h4-5,7-10,12,15-16,27,29-30H,6,11,13-14,17-19H2,1-3H3,(H,41,51)(H,42,49)(H,43,44,52)/t27?,29-,30+,37-/m0/s1. The number of aromatic nitrogens is 5. The summed E-state index contributed by atoms with van der Waals surface area (Å²) in [4.78, 5) is 81.2. The Morgan fingerprint density at radius 1 is 1.04 bits per heavy atom. The zero-order valence-corrected chi connectivity index (χ0v) is 31.0. The number of ketones is 1. The van der Waals surface area contributed by atoms with E-state index >= 15 is 0 Å². The highest BCUT2D eigenvalue weighted by atomic mass is 79.9. The molecule has 274 valence electrons. The van der Waals surface area contributed by atoms with Gasteiger partial charge in [0.15, 0.2) is 5.78 Å². The second-order valence-corrected chi connectivity index (χ2v) is 14.6. The number of rotatable bonds is 5. The zero-order valence-electron chi connectivity index (χ0n) is 29.4. The van der Waals surface area contributed by atoms with Gasteiger partial charge < -0.3 is 25.6 Å². The lowest BCUT2D eigenvalue weighted by Gasteiger charge is -2.27. The van der Waals surface area contributed by atoms with Crippen LogP contribution in [-0.2, 0) is 37.1 Å². The Bertz CT molecular complexity index is 2170. The van der Waals surface area contributed by atoms with Crippen molar-refractivity contribution in [3.63, 3.8) is 0 Å². The molecular formula is C37H38BrN9O6. The van der Waals surface area contributed by atoms with Gasteiger partial charge in [-0.3, -0.25) is 28.7 Å².